The second-order valence-corrected chi connectivity index (χ2v) is 6.96. The van der Waals surface area contributed by atoms with Gasteiger partial charge in [-0.1, -0.05) is 0 Å². The Morgan fingerprint density at radius 2 is 2.16 bits per heavy atom. The van der Waals surface area contributed by atoms with Crippen molar-refractivity contribution in [1.29, 1.82) is 0 Å². The summed E-state index contributed by atoms with van der Waals surface area (Å²) >= 11 is 3.11. The first kappa shape index (κ1) is 14.4. The van der Waals surface area contributed by atoms with E-state index in [0.29, 0.717) is 4.47 Å². The molecule has 2 N–H and O–H groups in total. The lowest BCUT2D eigenvalue weighted by Gasteiger charge is -2.20. The Morgan fingerprint density at radius 1 is 1.47 bits per heavy atom. The van der Waals surface area contributed by atoms with Gasteiger partial charge in [0.05, 0.1) is 6.10 Å². The molecule has 1 aromatic heterocycles. The Kier molecular flexibility index (Phi) is 3.90. The molecule has 0 radical (unpaired) electrons. The molecule has 0 amide bonds. The second-order valence-electron chi connectivity index (χ2n) is 4.16. The normalized spacial score (nSPS) is 24.5. The van der Waals surface area contributed by atoms with Crippen LogP contribution in [0.2, 0.25) is 0 Å². The largest absolute Gasteiger partial charge is 0.480 e. The number of aliphatic hydroxyl groups is 1. The van der Waals surface area contributed by atoms with Crippen molar-refractivity contribution in [1.82, 2.24) is 9.29 Å². The molecule has 0 saturated carbocycles. The van der Waals surface area contributed by atoms with Gasteiger partial charge in [-0.3, -0.25) is 9.78 Å². The van der Waals surface area contributed by atoms with Crippen LogP contribution in [0.4, 0.5) is 0 Å². The van der Waals surface area contributed by atoms with Crippen LogP contribution in [-0.4, -0.2) is 52.6 Å². The monoisotopic (exact) mass is 350 g/mol. The van der Waals surface area contributed by atoms with Gasteiger partial charge in [0.25, 0.3) is 0 Å². The van der Waals surface area contributed by atoms with E-state index in [1.54, 1.807) is 0 Å². The summed E-state index contributed by atoms with van der Waals surface area (Å²) in [4.78, 5) is 14.7. The summed E-state index contributed by atoms with van der Waals surface area (Å²) in [5.74, 6) is -1.27. The van der Waals surface area contributed by atoms with Crippen LogP contribution in [0.5, 0.6) is 0 Å². The number of sulfonamides is 1. The average molecular weight is 351 g/mol. The van der Waals surface area contributed by atoms with Gasteiger partial charge in [0.15, 0.2) is 0 Å². The van der Waals surface area contributed by atoms with Crippen molar-refractivity contribution in [3.05, 3.63) is 22.9 Å². The number of hydrogen-bond acceptors (Lipinski definition) is 5. The molecule has 1 aromatic rings. The lowest BCUT2D eigenvalue weighted by molar-refractivity contribution is -0.140. The molecule has 2 atom stereocenters. The number of rotatable bonds is 3. The number of carboxylic acid groups (broad SMARTS) is 1. The Balaban J connectivity index is 2.41. The van der Waals surface area contributed by atoms with E-state index in [1.807, 2.05) is 0 Å². The number of β-amino-alcohol motifs (C(OH)–C–C–N with tert-alkyl or cyclic N) is 1. The van der Waals surface area contributed by atoms with E-state index in [9.17, 15) is 18.3 Å². The molecule has 0 spiro atoms. The number of pyridine rings is 1. The highest BCUT2D eigenvalue weighted by molar-refractivity contribution is 9.10. The minimum Gasteiger partial charge on any atom is -0.480 e. The van der Waals surface area contributed by atoms with E-state index in [2.05, 4.69) is 20.9 Å². The Bertz CT molecular complexity index is 606. The van der Waals surface area contributed by atoms with E-state index >= 15 is 0 Å². The Morgan fingerprint density at radius 3 is 2.74 bits per heavy atom. The lowest BCUT2D eigenvalue weighted by atomic mass is 10.2. The summed E-state index contributed by atoms with van der Waals surface area (Å²) < 4.78 is 25.9. The highest BCUT2D eigenvalue weighted by atomic mass is 79.9. The van der Waals surface area contributed by atoms with Crippen molar-refractivity contribution in [2.75, 3.05) is 6.54 Å². The first-order valence-corrected chi connectivity index (χ1v) is 7.59. The van der Waals surface area contributed by atoms with Gasteiger partial charge in [-0.05, 0) is 22.0 Å². The summed E-state index contributed by atoms with van der Waals surface area (Å²) in [5.41, 5.74) is 0. The fourth-order valence-electron chi connectivity index (χ4n) is 1.94. The predicted octanol–water partition coefficient (Wildman–Crippen LogP) is 0.0526. The molecule has 1 fully saturated rings. The number of aliphatic carboxylic acids is 1. The first-order chi connectivity index (χ1) is 8.82. The number of nitrogens with zero attached hydrogens (tertiary/aromatic N) is 2. The zero-order valence-corrected chi connectivity index (χ0v) is 12.0. The first-order valence-electron chi connectivity index (χ1n) is 5.35. The van der Waals surface area contributed by atoms with Crippen LogP contribution in [0.15, 0.2) is 27.8 Å². The van der Waals surface area contributed by atoms with E-state index in [4.69, 9.17) is 5.11 Å². The third-order valence-electron chi connectivity index (χ3n) is 2.81. The number of carboxylic acids is 1. The summed E-state index contributed by atoms with van der Waals surface area (Å²) in [6.45, 7) is -0.230. The van der Waals surface area contributed by atoms with E-state index < -0.39 is 28.1 Å². The molecule has 0 bridgehead atoms. The third kappa shape index (κ3) is 2.78. The fraction of sp³-hybridized carbons (Fsp3) is 0.400. The lowest BCUT2D eigenvalue weighted by Crippen LogP contribution is -2.40. The van der Waals surface area contributed by atoms with Gasteiger partial charge in [-0.15, -0.1) is 0 Å². The van der Waals surface area contributed by atoms with Crippen LogP contribution in [0.25, 0.3) is 0 Å². The van der Waals surface area contributed by atoms with Gasteiger partial charge in [0.2, 0.25) is 10.0 Å². The fourth-order valence-corrected chi connectivity index (χ4v) is 4.08. The van der Waals surface area contributed by atoms with Crippen LogP contribution in [-0.2, 0) is 14.8 Å². The molecule has 0 unspecified atom stereocenters. The summed E-state index contributed by atoms with van der Waals surface area (Å²) in [6, 6.07) is 0.0883. The van der Waals surface area contributed by atoms with Crippen molar-refractivity contribution < 1.29 is 23.4 Å². The highest BCUT2D eigenvalue weighted by Crippen LogP contribution is 2.27. The zero-order chi connectivity index (χ0) is 14.2. The molecule has 9 heteroatoms. The van der Waals surface area contributed by atoms with Gasteiger partial charge < -0.3 is 10.2 Å². The molecule has 1 aliphatic heterocycles. The highest BCUT2D eigenvalue weighted by Gasteiger charge is 2.43. The van der Waals surface area contributed by atoms with Crippen LogP contribution in [0.3, 0.4) is 0 Å². The Labute approximate surface area is 118 Å². The molecule has 19 heavy (non-hydrogen) atoms. The molecule has 104 valence electrons. The van der Waals surface area contributed by atoms with Crippen molar-refractivity contribution in [3.8, 4) is 0 Å². The maximum atomic E-state index is 12.3. The smallest absolute Gasteiger partial charge is 0.322 e. The third-order valence-corrected chi connectivity index (χ3v) is 5.08. The quantitative estimate of drug-likeness (QED) is 0.797. The van der Waals surface area contributed by atoms with Crippen molar-refractivity contribution in [2.24, 2.45) is 0 Å². The van der Waals surface area contributed by atoms with Gasteiger partial charge in [0.1, 0.15) is 10.9 Å². The maximum absolute atomic E-state index is 12.3. The molecule has 2 rings (SSSR count). The molecule has 1 saturated heterocycles. The number of carbonyl (C=O) groups is 1. The number of hydrogen-bond donors (Lipinski definition) is 2. The zero-order valence-electron chi connectivity index (χ0n) is 9.60. The minimum absolute atomic E-state index is 0.109. The van der Waals surface area contributed by atoms with Gasteiger partial charge in [-0.2, -0.15) is 4.31 Å². The van der Waals surface area contributed by atoms with E-state index in [-0.39, 0.29) is 17.9 Å². The van der Waals surface area contributed by atoms with Gasteiger partial charge in [-0.25, -0.2) is 8.42 Å². The molecule has 2 heterocycles. The molecule has 0 aromatic carbocycles. The van der Waals surface area contributed by atoms with Crippen molar-refractivity contribution >= 4 is 31.9 Å². The van der Waals surface area contributed by atoms with Gasteiger partial charge >= 0.3 is 5.97 Å². The summed E-state index contributed by atoms with van der Waals surface area (Å²) in [6.07, 6.45) is 1.47. The Hall–Kier alpha value is -1.03. The second kappa shape index (κ2) is 5.16. The van der Waals surface area contributed by atoms with Crippen LogP contribution in [0, 0.1) is 0 Å². The predicted molar refractivity (Wildman–Crippen MR) is 67.9 cm³/mol. The number of aromatic nitrogens is 1. The molecular formula is C10H11BrN2O5S. The molecule has 0 aliphatic carbocycles. The minimum atomic E-state index is -3.99. The topological polar surface area (TPSA) is 108 Å². The van der Waals surface area contributed by atoms with E-state index in [0.717, 1.165) is 10.5 Å². The van der Waals surface area contributed by atoms with Crippen molar-refractivity contribution in [2.45, 2.75) is 23.5 Å². The summed E-state index contributed by atoms with van der Waals surface area (Å²) in [7, 11) is -3.99. The van der Waals surface area contributed by atoms with Gasteiger partial charge in [0, 0.05) is 29.8 Å². The van der Waals surface area contributed by atoms with Crippen LogP contribution in [0.1, 0.15) is 6.42 Å². The number of halogens is 1. The average Bonchev–Trinajstić information content (AvgIpc) is 2.72. The SMILES string of the molecule is O=C(O)[C@@H]1C[C@@H](O)CN1S(=O)(=O)c1cncc(Br)c1. The molecular weight excluding hydrogens is 340 g/mol. The van der Waals surface area contributed by atoms with Crippen LogP contribution < -0.4 is 0 Å². The summed E-state index contributed by atoms with van der Waals surface area (Å²) in [5, 5.41) is 18.5. The standard InChI is InChI=1S/C10H11BrN2O5S/c11-6-1-8(4-12-3-6)19(17,18)13-5-7(14)2-9(13)10(15)16/h1,3-4,7,9,14H,2,5H2,(H,15,16)/t7-,9+/m1/s1. The van der Waals surface area contributed by atoms with Crippen LogP contribution >= 0.6 is 15.9 Å². The van der Waals surface area contributed by atoms with E-state index in [1.165, 1.54) is 12.3 Å². The molecule has 7 nitrogen and oxygen atoms in total. The van der Waals surface area contributed by atoms with Crippen molar-refractivity contribution in [3.63, 3.8) is 0 Å². The maximum Gasteiger partial charge on any atom is 0.322 e. The number of aliphatic hydroxyl groups excluding tert-OH is 1. The molecule has 1 aliphatic rings.